The molecule has 0 aliphatic carbocycles. The first kappa shape index (κ1) is 22.0. The van der Waals surface area contributed by atoms with Gasteiger partial charge in [0.15, 0.2) is 0 Å². The number of nitrogens with zero attached hydrogens (tertiary/aromatic N) is 1. The zero-order chi connectivity index (χ0) is 22.1. The first-order valence-corrected chi connectivity index (χ1v) is 10.0. The van der Waals surface area contributed by atoms with E-state index in [0.717, 1.165) is 17.2 Å². The fraction of sp³-hybridized carbons (Fsp3) is 0.435. The molecule has 0 radical (unpaired) electrons. The van der Waals surface area contributed by atoms with E-state index in [0.29, 0.717) is 30.9 Å². The molecule has 2 aromatic rings. The molecule has 1 atom stereocenters. The third kappa shape index (κ3) is 3.98. The highest BCUT2D eigenvalue weighted by Crippen LogP contribution is 2.42. The summed E-state index contributed by atoms with van der Waals surface area (Å²) in [7, 11) is 3.14. The zero-order valence-electron chi connectivity index (χ0n) is 17.6. The molecule has 1 unspecified atom stereocenters. The van der Waals surface area contributed by atoms with E-state index < -0.39 is 17.6 Å². The van der Waals surface area contributed by atoms with Crippen molar-refractivity contribution in [2.75, 3.05) is 20.8 Å². The highest BCUT2D eigenvalue weighted by Gasteiger charge is 2.36. The normalized spacial score (nSPS) is 16.2. The van der Waals surface area contributed by atoms with Crippen molar-refractivity contribution in [3.63, 3.8) is 0 Å². The van der Waals surface area contributed by atoms with E-state index in [-0.39, 0.29) is 23.6 Å². The third-order valence-electron chi connectivity index (χ3n) is 5.68. The monoisotopic (exact) mass is 421 g/mol. The summed E-state index contributed by atoms with van der Waals surface area (Å²) >= 11 is 0. The number of carbonyl (C=O) groups excluding carboxylic acids is 1. The maximum Gasteiger partial charge on any atom is 0.416 e. The Balaban J connectivity index is 2.02. The quantitative estimate of drug-likeness (QED) is 0.646. The largest absolute Gasteiger partial charge is 0.497 e. The smallest absolute Gasteiger partial charge is 0.416 e. The molecule has 2 aromatic carbocycles. The number of alkyl halides is 3. The minimum Gasteiger partial charge on any atom is -0.497 e. The molecule has 1 aliphatic heterocycles. The molecule has 0 N–H and O–H groups in total. The van der Waals surface area contributed by atoms with Gasteiger partial charge in [-0.25, -0.2) is 0 Å². The molecule has 4 nitrogen and oxygen atoms in total. The number of halogens is 3. The van der Waals surface area contributed by atoms with Crippen molar-refractivity contribution in [2.24, 2.45) is 0 Å². The van der Waals surface area contributed by atoms with Crippen LogP contribution >= 0.6 is 0 Å². The summed E-state index contributed by atoms with van der Waals surface area (Å²) < 4.78 is 51.3. The molecule has 0 bridgehead atoms. The van der Waals surface area contributed by atoms with Crippen molar-refractivity contribution in [1.29, 1.82) is 0 Å². The lowest BCUT2D eigenvalue weighted by molar-refractivity contribution is -0.138. The second kappa shape index (κ2) is 8.58. The first-order valence-electron chi connectivity index (χ1n) is 10.0. The van der Waals surface area contributed by atoms with Crippen molar-refractivity contribution in [2.45, 2.75) is 45.3 Å². The van der Waals surface area contributed by atoms with Crippen LogP contribution in [0.15, 0.2) is 30.3 Å². The molecule has 162 valence electrons. The van der Waals surface area contributed by atoms with E-state index in [9.17, 15) is 18.0 Å². The van der Waals surface area contributed by atoms with Crippen molar-refractivity contribution in [1.82, 2.24) is 4.90 Å². The van der Waals surface area contributed by atoms with Crippen molar-refractivity contribution < 1.29 is 27.4 Å². The van der Waals surface area contributed by atoms with Gasteiger partial charge >= 0.3 is 6.18 Å². The first-order chi connectivity index (χ1) is 14.2. The number of methoxy groups -OCH3 is 2. The van der Waals surface area contributed by atoms with Crippen molar-refractivity contribution in [3.8, 4) is 11.5 Å². The Morgan fingerprint density at radius 3 is 2.43 bits per heavy atom. The maximum atomic E-state index is 13.5. The SMILES string of the molecule is CCc1ccc(C(=O)N2CCc3cc(OC)cc(OC)c3C2CC)cc1C(F)(F)F. The molecule has 0 saturated heterocycles. The van der Waals surface area contributed by atoms with Gasteiger partial charge in [0.05, 0.1) is 25.8 Å². The second-order valence-electron chi connectivity index (χ2n) is 7.30. The standard InChI is InChI=1S/C23H26F3NO3/c1-5-14-7-8-16(12-18(14)23(24,25)26)22(28)27-10-9-15-11-17(29-3)13-20(30-4)21(15)19(27)6-2/h7-8,11-13,19H,5-6,9-10H2,1-4H3. The topological polar surface area (TPSA) is 38.8 Å². The Bertz CT molecular complexity index is 923. The van der Waals surface area contributed by atoms with Crippen molar-refractivity contribution in [3.05, 3.63) is 58.1 Å². The molecule has 1 heterocycles. The minimum atomic E-state index is -4.50. The van der Waals surface area contributed by atoms with Gasteiger partial charge in [0.1, 0.15) is 11.5 Å². The predicted molar refractivity (Wildman–Crippen MR) is 108 cm³/mol. The maximum absolute atomic E-state index is 13.5. The highest BCUT2D eigenvalue weighted by molar-refractivity contribution is 5.95. The fourth-order valence-electron chi connectivity index (χ4n) is 4.20. The molecular formula is C23H26F3NO3. The number of hydrogen-bond acceptors (Lipinski definition) is 3. The highest BCUT2D eigenvalue weighted by atomic mass is 19.4. The van der Waals surface area contributed by atoms with Gasteiger partial charge in [-0.2, -0.15) is 13.2 Å². The molecule has 1 amide bonds. The molecule has 0 spiro atoms. The van der Waals surface area contributed by atoms with Crippen LogP contribution in [0.1, 0.15) is 58.9 Å². The summed E-state index contributed by atoms with van der Waals surface area (Å²) in [5, 5.41) is 0. The number of aryl methyl sites for hydroxylation is 1. The zero-order valence-corrected chi connectivity index (χ0v) is 17.6. The molecule has 3 rings (SSSR count). The van der Waals surface area contributed by atoms with Crippen LogP contribution in [0, 0.1) is 0 Å². The molecule has 1 aliphatic rings. The minimum absolute atomic E-state index is 0.0499. The second-order valence-corrected chi connectivity index (χ2v) is 7.30. The number of fused-ring (bicyclic) bond motifs is 1. The molecule has 30 heavy (non-hydrogen) atoms. The van der Waals surface area contributed by atoms with E-state index in [1.807, 2.05) is 13.0 Å². The number of rotatable bonds is 5. The van der Waals surface area contributed by atoms with Crippen LogP contribution in [0.5, 0.6) is 11.5 Å². The van der Waals surface area contributed by atoms with Gasteiger partial charge in [-0.15, -0.1) is 0 Å². The number of ether oxygens (including phenoxy) is 2. The van der Waals surface area contributed by atoms with Crippen LogP contribution < -0.4 is 9.47 Å². The summed E-state index contributed by atoms with van der Waals surface area (Å²) in [6.07, 6.45) is -3.07. The van der Waals surface area contributed by atoms with E-state index in [2.05, 4.69) is 0 Å². The number of hydrogen-bond donors (Lipinski definition) is 0. The lowest BCUT2D eigenvalue weighted by Crippen LogP contribution is -2.40. The van der Waals surface area contributed by atoms with Crippen molar-refractivity contribution >= 4 is 5.91 Å². The van der Waals surface area contributed by atoms with Gasteiger partial charge in [-0.3, -0.25) is 4.79 Å². The summed E-state index contributed by atoms with van der Waals surface area (Å²) in [5.74, 6) is 0.884. The Morgan fingerprint density at radius 1 is 1.13 bits per heavy atom. The van der Waals surface area contributed by atoms with Crippen LogP contribution in [-0.4, -0.2) is 31.6 Å². The molecule has 0 aromatic heterocycles. The molecule has 0 fully saturated rings. The Kier molecular flexibility index (Phi) is 6.29. The Hall–Kier alpha value is -2.70. The number of amides is 1. The van der Waals surface area contributed by atoms with Gasteiger partial charge in [0, 0.05) is 23.7 Å². The number of benzene rings is 2. The van der Waals surface area contributed by atoms with Gasteiger partial charge in [0.25, 0.3) is 5.91 Å². The third-order valence-corrected chi connectivity index (χ3v) is 5.68. The van der Waals surface area contributed by atoms with Gasteiger partial charge < -0.3 is 14.4 Å². The fourth-order valence-corrected chi connectivity index (χ4v) is 4.20. The number of carbonyl (C=O) groups is 1. The Labute approximate surface area is 174 Å². The molecular weight excluding hydrogens is 395 g/mol. The van der Waals surface area contributed by atoms with Crippen LogP contribution in [-0.2, 0) is 19.0 Å². The summed E-state index contributed by atoms with van der Waals surface area (Å²) in [6.45, 7) is 4.03. The summed E-state index contributed by atoms with van der Waals surface area (Å²) in [6, 6.07) is 7.29. The van der Waals surface area contributed by atoms with E-state index in [1.165, 1.54) is 12.1 Å². The van der Waals surface area contributed by atoms with Gasteiger partial charge in [0.2, 0.25) is 0 Å². The predicted octanol–water partition coefficient (Wildman–Crippen LogP) is 5.43. The lowest BCUT2D eigenvalue weighted by Gasteiger charge is -2.38. The van der Waals surface area contributed by atoms with Crippen LogP contribution in [0.3, 0.4) is 0 Å². The van der Waals surface area contributed by atoms with E-state index in [4.69, 9.17) is 9.47 Å². The van der Waals surface area contributed by atoms with Gasteiger partial charge in [-0.05, 0) is 48.6 Å². The van der Waals surface area contributed by atoms with Gasteiger partial charge in [-0.1, -0.05) is 19.9 Å². The lowest BCUT2D eigenvalue weighted by atomic mass is 9.89. The average Bonchev–Trinajstić information content (AvgIpc) is 2.75. The summed E-state index contributed by atoms with van der Waals surface area (Å²) in [4.78, 5) is 14.9. The Morgan fingerprint density at radius 2 is 1.87 bits per heavy atom. The van der Waals surface area contributed by atoms with Crippen LogP contribution in [0.25, 0.3) is 0 Å². The van der Waals surface area contributed by atoms with E-state index >= 15 is 0 Å². The average molecular weight is 421 g/mol. The van der Waals surface area contributed by atoms with Crippen LogP contribution in [0.4, 0.5) is 13.2 Å². The molecule has 0 saturated carbocycles. The summed E-state index contributed by atoms with van der Waals surface area (Å²) in [5.41, 5.74) is 1.41. The molecule has 7 heteroatoms. The van der Waals surface area contributed by atoms with E-state index in [1.54, 1.807) is 32.1 Å². The van der Waals surface area contributed by atoms with Crippen LogP contribution in [0.2, 0.25) is 0 Å².